The van der Waals surface area contributed by atoms with Crippen molar-refractivity contribution in [2.45, 2.75) is 25.2 Å². The summed E-state index contributed by atoms with van der Waals surface area (Å²) in [7, 11) is 0. The highest BCUT2D eigenvalue weighted by Gasteiger charge is 2.14. The summed E-state index contributed by atoms with van der Waals surface area (Å²) < 4.78 is 0. The number of carbonyl (C=O) groups excluding carboxylic acids is 1. The van der Waals surface area contributed by atoms with E-state index in [-0.39, 0.29) is 11.2 Å². The van der Waals surface area contributed by atoms with Gasteiger partial charge in [0.05, 0.1) is 21.9 Å². The number of hydrogen-bond donors (Lipinski definition) is 2. The molecule has 1 rings (SSSR count). The smallest absolute Gasteiger partial charge is 0.237 e. The van der Waals surface area contributed by atoms with E-state index in [1.54, 1.807) is 32.0 Å². The molecule has 0 aliphatic heterocycles. The third kappa shape index (κ3) is 5.11. The molecule has 2 atom stereocenters. The minimum Gasteiger partial charge on any atom is -0.393 e. The van der Waals surface area contributed by atoms with Crippen LogP contribution < -0.4 is 5.32 Å². The van der Waals surface area contributed by atoms with Crippen molar-refractivity contribution in [1.29, 1.82) is 5.26 Å². The van der Waals surface area contributed by atoms with E-state index < -0.39 is 6.10 Å². The second-order valence-electron chi connectivity index (χ2n) is 4.12. The number of rotatable bonds is 5. The summed E-state index contributed by atoms with van der Waals surface area (Å²) in [6, 6.07) is 6.69. The summed E-state index contributed by atoms with van der Waals surface area (Å²) in [6.07, 6.45) is -0.440. The molecule has 1 aromatic carbocycles. The van der Waals surface area contributed by atoms with Gasteiger partial charge in [0.15, 0.2) is 0 Å². The maximum atomic E-state index is 11.9. The van der Waals surface area contributed by atoms with Crippen LogP contribution in [0.1, 0.15) is 19.4 Å². The Balaban J connectivity index is 2.62. The van der Waals surface area contributed by atoms with Gasteiger partial charge in [0, 0.05) is 11.4 Å². The van der Waals surface area contributed by atoms with Crippen molar-refractivity contribution >= 4 is 35.0 Å². The van der Waals surface area contributed by atoms with Crippen LogP contribution in [0.15, 0.2) is 18.2 Å². The fourth-order valence-corrected chi connectivity index (χ4v) is 2.29. The summed E-state index contributed by atoms with van der Waals surface area (Å²) in [5.74, 6) is 0.342. The van der Waals surface area contributed by atoms with Gasteiger partial charge in [-0.15, -0.1) is 11.8 Å². The van der Waals surface area contributed by atoms with Gasteiger partial charge in [-0.25, -0.2) is 0 Å². The van der Waals surface area contributed by atoms with Crippen LogP contribution in [-0.4, -0.2) is 28.1 Å². The molecule has 0 fully saturated rings. The highest BCUT2D eigenvalue weighted by molar-refractivity contribution is 8.00. The SMILES string of the molecule is CC(O)CSC(C)C(=O)Nc1ccc(C#N)c(Cl)c1. The molecule has 0 radical (unpaired) electrons. The molecule has 0 saturated carbocycles. The summed E-state index contributed by atoms with van der Waals surface area (Å²) in [4.78, 5) is 11.9. The van der Waals surface area contributed by atoms with Crippen LogP contribution in [-0.2, 0) is 4.79 Å². The van der Waals surface area contributed by atoms with Gasteiger partial charge in [-0.1, -0.05) is 11.6 Å². The minimum atomic E-state index is -0.440. The number of nitrogens with one attached hydrogen (secondary N) is 1. The van der Waals surface area contributed by atoms with Gasteiger partial charge < -0.3 is 10.4 Å². The van der Waals surface area contributed by atoms with Crippen molar-refractivity contribution < 1.29 is 9.90 Å². The fraction of sp³-hybridized carbons (Fsp3) is 0.385. The zero-order valence-corrected chi connectivity index (χ0v) is 12.3. The monoisotopic (exact) mass is 298 g/mol. The predicted molar refractivity (Wildman–Crippen MR) is 78.4 cm³/mol. The van der Waals surface area contributed by atoms with E-state index >= 15 is 0 Å². The Labute approximate surface area is 121 Å². The summed E-state index contributed by atoms with van der Waals surface area (Å²) in [5.41, 5.74) is 0.926. The number of benzene rings is 1. The van der Waals surface area contributed by atoms with Crippen LogP contribution in [0.2, 0.25) is 5.02 Å². The number of carbonyl (C=O) groups is 1. The molecule has 19 heavy (non-hydrogen) atoms. The zero-order valence-electron chi connectivity index (χ0n) is 10.7. The minimum absolute atomic E-state index is 0.161. The van der Waals surface area contributed by atoms with Crippen molar-refractivity contribution in [3.05, 3.63) is 28.8 Å². The van der Waals surface area contributed by atoms with Crippen molar-refractivity contribution in [2.24, 2.45) is 0 Å². The van der Waals surface area contributed by atoms with Gasteiger partial charge in [-0.3, -0.25) is 4.79 Å². The van der Waals surface area contributed by atoms with E-state index in [2.05, 4.69) is 5.32 Å². The second-order valence-corrected chi connectivity index (χ2v) is 5.90. The molecule has 102 valence electrons. The average molecular weight is 299 g/mol. The lowest BCUT2D eigenvalue weighted by Crippen LogP contribution is -2.24. The number of nitriles is 1. The Kier molecular flexibility index (Phi) is 6.16. The zero-order chi connectivity index (χ0) is 14.4. The van der Waals surface area contributed by atoms with E-state index in [1.165, 1.54) is 11.8 Å². The first kappa shape index (κ1) is 15.8. The molecule has 4 nitrogen and oxygen atoms in total. The highest BCUT2D eigenvalue weighted by atomic mass is 35.5. The molecular formula is C13H15ClN2O2S. The Morgan fingerprint density at radius 1 is 1.58 bits per heavy atom. The van der Waals surface area contributed by atoms with Crippen LogP contribution in [0.25, 0.3) is 0 Å². The largest absolute Gasteiger partial charge is 0.393 e. The van der Waals surface area contributed by atoms with Crippen molar-refractivity contribution in [2.75, 3.05) is 11.1 Å². The number of nitrogens with zero attached hydrogens (tertiary/aromatic N) is 1. The molecule has 0 heterocycles. The van der Waals surface area contributed by atoms with E-state index in [1.807, 2.05) is 6.07 Å². The third-order valence-electron chi connectivity index (χ3n) is 2.31. The standard InChI is InChI=1S/C13H15ClN2O2S/c1-8(17)7-19-9(2)13(18)16-11-4-3-10(6-15)12(14)5-11/h3-5,8-9,17H,7H2,1-2H3,(H,16,18). The molecule has 0 bridgehead atoms. The predicted octanol–water partition coefficient (Wildman–Crippen LogP) is 2.65. The molecule has 0 saturated heterocycles. The van der Waals surface area contributed by atoms with Gasteiger partial charge in [0.1, 0.15) is 6.07 Å². The molecular weight excluding hydrogens is 284 g/mol. The van der Waals surface area contributed by atoms with E-state index in [0.717, 1.165) is 0 Å². The molecule has 6 heteroatoms. The fourth-order valence-electron chi connectivity index (χ4n) is 1.29. The van der Waals surface area contributed by atoms with Crippen LogP contribution in [0, 0.1) is 11.3 Å². The quantitative estimate of drug-likeness (QED) is 0.876. The lowest BCUT2D eigenvalue weighted by molar-refractivity contribution is -0.115. The van der Waals surface area contributed by atoms with Crippen molar-refractivity contribution in [3.63, 3.8) is 0 Å². The lowest BCUT2D eigenvalue weighted by Gasteiger charge is -2.13. The molecule has 2 N–H and O–H groups in total. The maximum absolute atomic E-state index is 11.9. The number of hydrogen-bond acceptors (Lipinski definition) is 4. The summed E-state index contributed by atoms with van der Waals surface area (Å²) in [6.45, 7) is 3.45. The van der Waals surface area contributed by atoms with E-state index in [9.17, 15) is 4.79 Å². The second kappa shape index (κ2) is 7.39. The molecule has 0 aliphatic rings. The Morgan fingerprint density at radius 3 is 2.79 bits per heavy atom. The Hall–Kier alpha value is -1.22. The number of aliphatic hydroxyl groups excluding tert-OH is 1. The number of amides is 1. The molecule has 2 unspecified atom stereocenters. The first-order chi connectivity index (χ1) is 8.93. The normalized spacial score (nSPS) is 13.4. The van der Waals surface area contributed by atoms with Gasteiger partial charge in [-0.05, 0) is 32.0 Å². The van der Waals surface area contributed by atoms with Gasteiger partial charge in [-0.2, -0.15) is 5.26 Å². The maximum Gasteiger partial charge on any atom is 0.237 e. The third-order valence-corrected chi connectivity index (χ3v) is 4.02. The number of thioether (sulfide) groups is 1. The Bertz CT molecular complexity index is 500. The van der Waals surface area contributed by atoms with E-state index in [0.29, 0.717) is 22.0 Å². The van der Waals surface area contributed by atoms with Gasteiger partial charge in [0.25, 0.3) is 0 Å². The highest BCUT2D eigenvalue weighted by Crippen LogP contribution is 2.21. The van der Waals surface area contributed by atoms with Crippen LogP contribution in [0.5, 0.6) is 0 Å². The van der Waals surface area contributed by atoms with Gasteiger partial charge in [0.2, 0.25) is 5.91 Å². The average Bonchev–Trinajstić information content (AvgIpc) is 2.36. The molecule has 1 amide bonds. The van der Waals surface area contributed by atoms with Crippen molar-refractivity contribution in [1.82, 2.24) is 0 Å². The summed E-state index contributed by atoms with van der Waals surface area (Å²) in [5, 5.41) is 20.7. The Morgan fingerprint density at radius 2 is 2.26 bits per heavy atom. The van der Waals surface area contributed by atoms with Crippen molar-refractivity contribution in [3.8, 4) is 6.07 Å². The lowest BCUT2D eigenvalue weighted by atomic mass is 10.2. The van der Waals surface area contributed by atoms with E-state index in [4.69, 9.17) is 22.0 Å². The number of anilines is 1. The topological polar surface area (TPSA) is 73.1 Å². The summed E-state index contributed by atoms with van der Waals surface area (Å²) >= 11 is 7.26. The molecule has 0 aliphatic carbocycles. The molecule has 0 aromatic heterocycles. The number of aliphatic hydroxyl groups is 1. The molecule has 1 aromatic rings. The first-order valence-corrected chi connectivity index (χ1v) is 7.17. The van der Waals surface area contributed by atoms with Gasteiger partial charge >= 0.3 is 0 Å². The number of halogens is 1. The molecule has 0 spiro atoms. The first-order valence-electron chi connectivity index (χ1n) is 5.74. The van der Waals surface area contributed by atoms with Crippen LogP contribution in [0.4, 0.5) is 5.69 Å². The van der Waals surface area contributed by atoms with Crippen LogP contribution in [0.3, 0.4) is 0 Å². The van der Waals surface area contributed by atoms with Crippen LogP contribution >= 0.6 is 23.4 Å².